The van der Waals surface area contributed by atoms with Crippen LogP contribution in [0.25, 0.3) is 0 Å². The van der Waals surface area contributed by atoms with Crippen molar-refractivity contribution in [1.29, 1.82) is 0 Å². The summed E-state index contributed by atoms with van der Waals surface area (Å²) in [6, 6.07) is 4.14. The first-order chi connectivity index (χ1) is 10.3. The lowest BCUT2D eigenvalue weighted by Gasteiger charge is -2.25. The van der Waals surface area contributed by atoms with Crippen LogP contribution in [0.15, 0.2) is 17.5 Å². The Hall–Kier alpha value is -0.910. The van der Waals surface area contributed by atoms with Crippen molar-refractivity contribution in [1.82, 2.24) is 10.2 Å². The van der Waals surface area contributed by atoms with Gasteiger partial charge in [-0.2, -0.15) is 0 Å². The molecule has 1 N–H and O–H groups in total. The molecule has 2 aliphatic rings. The van der Waals surface area contributed by atoms with Crippen LogP contribution in [0.4, 0.5) is 0 Å². The highest BCUT2D eigenvalue weighted by molar-refractivity contribution is 7.09. The average Bonchev–Trinajstić information content (AvgIpc) is 2.94. The molecule has 1 saturated heterocycles. The van der Waals surface area contributed by atoms with E-state index in [0.29, 0.717) is 13.1 Å². The fourth-order valence-corrected chi connectivity index (χ4v) is 3.42. The van der Waals surface area contributed by atoms with Gasteiger partial charge in [0.25, 0.3) is 0 Å². The number of amides is 1. The zero-order valence-electron chi connectivity index (χ0n) is 12.4. The highest BCUT2D eigenvalue weighted by Crippen LogP contribution is 2.27. The molecule has 5 heteroatoms. The predicted molar refractivity (Wildman–Crippen MR) is 84.3 cm³/mol. The second kappa shape index (κ2) is 7.38. The first-order valence-electron chi connectivity index (χ1n) is 7.94. The zero-order valence-corrected chi connectivity index (χ0v) is 13.2. The van der Waals surface area contributed by atoms with Gasteiger partial charge in [0.05, 0.1) is 19.2 Å². The van der Waals surface area contributed by atoms with Crippen molar-refractivity contribution in [2.75, 3.05) is 26.2 Å². The summed E-state index contributed by atoms with van der Waals surface area (Å²) in [4.78, 5) is 15.7. The summed E-state index contributed by atoms with van der Waals surface area (Å²) < 4.78 is 5.69. The summed E-state index contributed by atoms with van der Waals surface area (Å²) in [5, 5.41) is 5.37. The SMILES string of the molecule is O=C(CNCC1CC1)N(Cc1cccs1)CC1CCCO1. The molecular weight excluding hydrogens is 284 g/mol. The van der Waals surface area contributed by atoms with E-state index in [-0.39, 0.29) is 12.0 Å². The Kier molecular flexibility index (Phi) is 5.27. The van der Waals surface area contributed by atoms with Crippen LogP contribution in [0.5, 0.6) is 0 Å². The third kappa shape index (κ3) is 4.80. The van der Waals surface area contributed by atoms with Crippen LogP contribution in [0.1, 0.15) is 30.6 Å². The second-order valence-electron chi connectivity index (χ2n) is 6.06. The van der Waals surface area contributed by atoms with Crippen molar-refractivity contribution in [3.05, 3.63) is 22.4 Å². The van der Waals surface area contributed by atoms with Crippen LogP contribution in [0, 0.1) is 5.92 Å². The fraction of sp³-hybridized carbons (Fsp3) is 0.688. The largest absolute Gasteiger partial charge is 0.376 e. The molecule has 2 fully saturated rings. The summed E-state index contributed by atoms with van der Waals surface area (Å²) in [7, 11) is 0. The fourth-order valence-electron chi connectivity index (χ4n) is 2.70. The van der Waals surface area contributed by atoms with E-state index >= 15 is 0 Å². The molecule has 1 unspecified atom stereocenters. The van der Waals surface area contributed by atoms with E-state index in [9.17, 15) is 4.79 Å². The van der Waals surface area contributed by atoms with Crippen molar-refractivity contribution < 1.29 is 9.53 Å². The zero-order chi connectivity index (χ0) is 14.5. The van der Waals surface area contributed by atoms with E-state index < -0.39 is 0 Å². The summed E-state index contributed by atoms with van der Waals surface area (Å²) in [6.45, 7) is 3.71. The molecule has 0 spiro atoms. The standard InChI is InChI=1S/C16H24N2O2S/c19-16(10-17-9-13-5-6-13)18(11-14-3-1-7-20-14)12-15-4-2-8-21-15/h2,4,8,13-14,17H,1,3,5-7,9-12H2. The number of carbonyl (C=O) groups excluding carboxylic acids is 1. The molecule has 0 bridgehead atoms. The maximum atomic E-state index is 12.5. The molecular formula is C16H24N2O2S. The molecule has 1 amide bonds. The van der Waals surface area contributed by atoms with E-state index in [2.05, 4.69) is 16.8 Å². The van der Waals surface area contributed by atoms with Gasteiger partial charge >= 0.3 is 0 Å². The predicted octanol–water partition coefficient (Wildman–Crippen LogP) is 2.26. The van der Waals surface area contributed by atoms with Crippen molar-refractivity contribution in [3.63, 3.8) is 0 Å². The van der Waals surface area contributed by atoms with Gasteiger partial charge in [-0.15, -0.1) is 11.3 Å². The minimum absolute atomic E-state index is 0.194. The molecule has 1 aliphatic heterocycles. The second-order valence-corrected chi connectivity index (χ2v) is 7.10. The first kappa shape index (κ1) is 15.0. The van der Waals surface area contributed by atoms with Crippen LogP contribution in [-0.4, -0.2) is 43.2 Å². The Bertz CT molecular complexity index is 439. The van der Waals surface area contributed by atoms with E-state index in [1.165, 1.54) is 17.7 Å². The van der Waals surface area contributed by atoms with Gasteiger partial charge in [-0.1, -0.05) is 6.07 Å². The number of nitrogens with one attached hydrogen (secondary N) is 1. The summed E-state index contributed by atoms with van der Waals surface area (Å²) >= 11 is 1.71. The Morgan fingerprint density at radius 2 is 2.33 bits per heavy atom. The third-order valence-corrected chi connectivity index (χ3v) is 4.99. The summed E-state index contributed by atoms with van der Waals surface area (Å²) in [6.07, 6.45) is 5.04. The van der Waals surface area contributed by atoms with Gasteiger partial charge < -0.3 is 15.0 Å². The van der Waals surface area contributed by atoms with Crippen molar-refractivity contribution in [2.45, 2.75) is 38.3 Å². The van der Waals surface area contributed by atoms with Crippen LogP contribution in [-0.2, 0) is 16.1 Å². The monoisotopic (exact) mass is 308 g/mol. The quantitative estimate of drug-likeness (QED) is 0.801. The third-order valence-electron chi connectivity index (χ3n) is 4.13. The summed E-state index contributed by atoms with van der Waals surface area (Å²) in [5.41, 5.74) is 0. The highest BCUT2D eigenvalue weighted by atomic mass is 32.1. The number of nitrogens with zero attached hydrogens (tertiary/aromatic N) is 1. The Labute approximate surface area is 130 Å². The summed E-state index contributed by atoms with van der Waals surface area (Å²) in [5.74, 6) is 1.00. The molecule has 1 aromatic heterocycles. The topological polar surface area (TPSA) is 41.6 Å². The number of hydrogen-bond donors (Lipinski definition) is 1. The van der Waals surface area contributed by atoms with Gasteiger partial charge in [-0.3, -0.25) is 4.79 Å². The molecule has 4 nitrogen and oxygen atoms in total. The van der Waals surface area contributed by atoms with E-state index in [1.54, 1.807) is 11.3 Å². The molecule has 21 heavy (non-hydrogen) atoms. The lowest BCUT2D eigenvalue weighted by molar-refractivity contribution is -0.132. The maximum absolute atomic E-state index is 12.5. The Morgan fingerprint density at radius 3 is 3.00 bits per heavy atom. The number of ether oxygens (including phenoxy) is 1. The van der Waals surface area contributed by atoms with Crippen LogP contribution in [0.3, 0.4) is 0 Å². The molecule has 1 aromatic rings. The highest BCUT2D eigenvalue weighted by Gasteiger charge is 2.24. The average molecular weight is 308 g/mol. The van der Waals surface area contributed by atoms with Crippen molar-refractivity contribution in [3.8, 4) is 0 Å². The lowest BCUT2D eigenvalue weighted by atomic mass is 10.2. The minimum atomic E-state index is 0.194. The lowest BCUT2D eigenvalue weighted by Crippen LogP contribution is -2.42. The normalized spacial score (nSPS) is 21.6. The van der Waals surface area contributed by atoms with Gasteiger partial charge in [-0.05, 0) is 49.6 Å². The number of thiophene rings is 1. The molecule has 1 atom stereocenters. The van der Waals surface area contributed by atoms with Crippen molar-refractivity contribution >= 4 is 17.2 Å². The molecule has 1 aliphatic carbocycles. The van der Waals surface area contributed by atoms with Crippen LogP contribution >= 0.6 is 11.3 Å². The van der Waals surface area contributed by atoms with E-state index in [4.69, 9.17) is 4.74 Å². The van der Waals surface area contributed by atoms with E-state index in [1.807, 2.05) is 11.0 Å². The molecule has 1 saturated carbocycles. The minimum Gasteiger partial charge on any atom is -0.376 e. The van der Waals surface area contributed by atoms with Gasteiger partial charge in [-0.25, -0.2) is 0 Å². The van der Waals surface area contributed by atoms with Crippen LogP contribution < -0.4 is 5.32 Å². The first-order valence-corrected chi connectivity index (χ1v) is 8.81. The van der Waals surface area contributed by atoms with Gasteiger partial charge in [0.2, 0.25) is 5.91 Å². The maximum Gasteiger partial charge on any atom is 0.236 e. The van der Waals surface area contributed by atoms with Crippen molar-refractivity contribution in [2.24, 2.45) is 5.92 Å². The van der Waals surface area contributed by atoms with Gasteiger partial charge in [0, 0.05) is 18.0 Å². The van der Waals surface area contributed by atoms with Gasteiger partial charge in [0.1, 0.15) is 0 Å². The Morgan fingerprint density at radius 1 is 1.43 bits per heavy atom. The van der Waals surface area contributed by atoms with Gasteiger partial charge in [0.15, 0.2) is 0 Å². The molecule has 0 aromatic carbocycles. The number of carbonyl (C=O) groups is 1. The molecule has 3 rings (SSSR count). The smallest absolute Gasteiger partial charge is 0.236 e. The Balaban J connectivity index is 1.52. The van der Waals surface area contributed by atoms with Crippen LogP contribution in [0.2, 0.25) is 0 Å². The number of rotatable bonds is 8. The number of hydrogen-bond acceptors (Lipinski definition) is 4. The molecule has 2 heterocycles. The molecule has 116 valence electrons. The molecule has 0 radical (unpaired) electrons. The van der Waals surface area contributed by atoms with E-state index in [0.717, 1.165) is 38.5 Å².